The molecule has 1 aliphatic rings. The standard InChI is InChI=1S/C14H28N4O2.2ClH/c1-11(2)16-13(19)10-17-6-8-18(9-7-17)14(20)5-4-12(3)15;;/h11-12H,4-10,15H2,1-3H3,(H,16,19);2*1H. The third kappa shape index (κ3) is 9.46. The zero-order valence-electron chi connectivity index (χ0n) is 13.7. The lowest BCUT2D eigenvalue weighted by Gasteiger charge is -2.34. The molecule has 1 fully saturated rings. The SMILES string of the molecule is CC(N)CCC(=O)N1CCN(CC(=O)NC(C)C)CC1.Cl.Cl. The summed E-state index contributed by atoms with van der Waals surface area (Å²) >= 11 is 0. The van der Waals surface area contributed by atoms with Crippen LogP contribution in [0.2, 0.25) is 0 Å². The Morgan fingerprint density at radius 2 is 1.64 bits per heavy atom. The Labute approximate surface area is 146 Å². The number of rotatable bonds is 6. The molecule has 1 unspecified atom stereocenters. The van der Waals surface area contributed by atoms with Gasteiger partial charge in [0.15, 0.2) is 0 Å². The first-order valence-electron chi connectivity index (χ1n) is 7.43. The normalized spacial score (nSPS) is 16.5. The molecule has 8 heteroatoms. The fourth-order valence-corrected chi connectivity index (χ4v) is 2.24. The van der Waals surface area contributed by atoms with Gasteiger partial charge in [-0.3, -0.25) is 14.5 Å². The summed E-state index contributed by atoms with van der Waals surface area (Å²) in [5, 5.41) is 2.88. The van der Waals surface area contributed by atoms with Crippen molar-refractivity contribution in [1.29, 1.82) is 0 Å². The van der Waals surface area contributed by atoms with Gasteiger partial charge in [-0.1, -0.05) is 0 Å². The van der Waals surface area contributed by atoms with Crippen LogP contribution in [-0.4, -0.2) is 66.4 Å². The van der Waals surface area contributed by atoms with E-state index in [1.54, 1.807) is 0 Å². The van der Waals surface area contributed by atoms with Crippen LogP contribution in [0.5, 0.6) is 0 Å². The van der Waals surface area contributed by atoms with Crippen molar-refractivity contribution in [2.24, 2.45) is 5.73 Å². The van der Waals surface area contributed by atoms with Gasteiger partial charge >= 0.3 is 0 Å². The molecular weight excluding hydrogens is 327 g/mol. The largest absolute Gasteiger partial charge is 0.353 e. The Morgan fingerprint density at radius 3 is 2.09 bits per heavy atom. The number of nitrogens with one attached hydrogen (secondary N) is 1. The lowest BCUT2D eigenvalue weighted by atomic mass is 10.1. The van der Waals surface area contributed by atoms with Crippen molar-refractivity contribution in [1.82, 2.24) is 15.1 Å². The lowest BCUT2D eigenvalue weighted by molar-refractivity contribution is -0.133. The first-order chi connectivity index (χ1) is 9.38. The van der Waals surface area contributed by atoms with Gasteiger partial charge in [0, 0.05) is 44.7 Å². The van der Waals surface area contributed by atoms with E-state index in [9.17, 15) is 9.59 Å². The van der Waals surface area contributed by atoms with Gasteiger partial charge in [-0.05, 0) is 27.2 Å². The van der Waals surface area contributed by atoms with Crippen molar-refractivity contribution in [2.45, 2.75) is 45.7 Å². The highest BCUT2D eigenvalue weighted by atomic mass is 35.5. The third-order valence-electron chi connectivity index (χ3n) is 3.36. The molecule has 0 saturated carbocycles. The Hall–Kier alpha value is -0.560. The second-order valence-corrected chi connectivity index (χ2v) is 5.90. The fraction of sp³-hybridized carbons (Fsp3) is 0.857. The Bertz CT molecular complexity index is 333. The van der Waals surface area contributed by atoms with E-state index in [0.29, 0.717) is 26.1 Å². The maximum atomic E-state index is 11.9. The maximum Gasteiger partial charge on any atom is 0.234 e. The van der Waals surface area contributed by atoms with Crippen molar-refractivity contribution in [3.8, 4) is 0 Å². The average molecular weight is 357 g/mol. The lowest BCUT2D eigenvalue weighted by Crippen LogP contribution is -2.51. The first kappa shape index (κ1) is 23.7. The van der Waals surface area contributed by atoms with Gasteiger partial charge in [-0.25, -0.2) is 0 Å². The topological polar surface area (TPSA) is 78.7 Å². The number of carbonyl (C=O) groups is 2. The minimum atomic E-state index is 0. The van der Waals surface area contributed by atoms with E-state index in [2.05, 4.69) is 10.2 Å². The second-order valence-electron chi connectivity index (χ2n) is 5.90. The molecular formula is C14H30Cl2N4O2. The van der Waals surface area contributed by atoms with Crippen molar-refractivity contribution in [3.05, 3.63) is 0 Å². The molecule has 0 spiro atoms. The predicted molar refractivity (Wildman–Crippen MR) is 93.7 cm³/mol. The quantitative estimate of drug-likeness (QED) is 0.731. The number of nitrogens with zero attached hydrogens (tertiary/aromatic N) is 2. The smallest absolute Gasteiger partial charge is 0.234 e. The van der Waals surface area contributed by atoms with Crippen LogP contribution in [0.3, 0.4) is 0 Å². The van der Waals surface area contributed by atoms with E-state index in [1.165, 1.54) is 0 Å². The van der Waals surface area contributed by atoms with Crippen LogP contribution in [-0.2, 0) is 9.59 Å². The van der Waals surface area contributed by atoms with Gasteiger partial charge in [-0.15, -0.1) is 24.8 Å². The number of piperazine rings is 1. The van der Waals surface area contributed by atoms with Crippen LogP contribution in [0.15, 0.2) is 0 Å². The highest BCUT2D eigenvalue weighted by molar-refractivity contribution is 5.85. The highest BCUT2D eigenvalue weighted by Crippen LogP contribution is 2.06. The molecule has 0 aromatic heterocycles. The molecule has 0 aliphatic carbocycles. The van der Waals surface area contributed by atoms with E-state index in [4.69, 9.17) is 5.73 Å². The predicted octanol–water partition coefficient (Wildman–Crippen LogP) is 0.626. The number of hydrogen-bond donors (Lipinski definition) is 2. The molecule has 1 atom stereocenters. The summed E-state index contributed by atoms with van der Waals surface area (Å²) in [5.74, 6) is 0.227. The van der Waals surface area contributed by atoms with Crippen LogP contribution in [0.4, 0.5) is 0 Å². The summed E-state index contributed by atoms with van der Waals surface area (Å²) in [6, 6.07) is 0.239. The second kappa shape index (κ2) is 11.9. The van der Waals surface area contributed by atoms with Crippen molar-refractivity contribution >= 4 is 36.6 Å². The number of amides is 2. The van der Waals surface area contributed by atoms with Crippen molar-refractivity contribution in [3.63, 3.8) is 0 Å². The molecule has 1 saturated heterocycles. The molecule has 2 amide bonds. The van der Waals surface area contributed by atoms with Crippen LogP contribution < -0.4 is 11.1 Å². The summed E-state index contributed by atoms with van der Waals surface area (Å²) in [7, 11) is 0. The van der Waals surface area contributed by atoms with Crippen molar-refractivity contribution in [2.75, 3.05) is 32.7 Å². The van der Waals surface area contributed by atoms with Gasteiger partial charge in [-0.2, -0.15) is 0 Å². The third-order valence-corrected chi connectivity index (χ3v) is 3.36. The minimum Gasteiger partial charge on any atom is -0.353 e. The van der Waals surface area contributed by atoms with Crippen LogP contribution >= 0.6 is 24.8 Å². The molecule has 1 aliphatic heterocycles. The summed E-state index contributed by atoms with van der Waals surface area (Å²) in [6.45, 7) is 9.16. The summed E-state index contributed by atoms with van der Waals surface area (Å²) in [5.41, 5.74) is 5.66. The van der Waals surface area contributed by atoms with E-state index in [0.717, 1.165) is 19.5 Å². The summed E-state index contributed by atoms with van der Waals surface area (Å²) in [4.78, 5) is 27.6. The number of nitrogens with two attached hydrogens (primary N) is 1. The Balaban J connectivity index is 0. The average Bonchev–Trinajstić information content (AvgIpc) is 2.35. The Kier molecular flexibility index (Phi) is 12.9. The monoisotopic (exact) mass is 356 g/mol. The molecule has 0 radical (unpaired) electrons. The minimum absolute atomic E-state index is 0. The van der Waals surface area contributed by atoms with Gasteiger partial charge in [0.05, 0.1) is 6.54 Å². The first-order valence-corrected chi connectivity index (χ1v) is 7.43. The fourth-order valence-electron chi connectivity index (χ4n) is 2.24. The molecule has 1 heterocycles. The van der Waals surface area contributed by atoms with Crippen molar-refractivity contribution < 1.29 is 9.59 Å². The van der Waals surface area contributed by atoms with Gasteiger partial charge in [0.1, 0.15) is 0 Å². The summed E-state index contributed by atoms with van der Waals surface area (Å²) in [6.07, 6.45) is 1.25. The van der Waals surface area contributed by atoms with Gasteiger partial charge < -0.3 is 16.0 Å². The van der Waals surface area contributed by atoms with E-state index in [-0.39, 0.29) is 48.7 Å². The van der Waals surface area contributed by atoms with Crippen LogP contribution in [0, 0.1) is 0 Å². The summed E-state index contributed by atoms with van der Waals surface area (Å²) < 4.78 is 0. The zero-order chi connectivity index (χ0) is 15.1. The van der Waals surface area contributed by atoms with E-state index < -0.39 is 0 Å². The molecule has 132 valence electrons. The molecule has 3 N–H and O–H groups in total. The molecule has 0 aromatic rings. The number of halogens is 2. The molecule has 0 bridgehead atoms. The highest BCUT2D eigenvalue weighted by Gasteiger charge is 2.22. The number of hydrogen-bond acceptors (Lipinski definition) is 4. The molecule has 6 nitrogen and oxygen atoms in total. The van der Waals surface area contributed by atoms with Gasteiger partial charge in [0.2, 0.25) is 11.8 Å². The molecule has 0 aromatic carbocycles. The van der Waals surface area contributed by atoms with Crippen LogP contribution in [0.25, 0.3) is 0 Å². The van der Waals surface area contributed by atoms with Gasteiger partial charge in [0.25, 0.3) is 0 Å². The maximum absolute atomic E-state index is 11.9. The number of carbonyl (C=O) groups excluding carboxylic acids is 2. The van der Waals surface area contributed by atoms with Crippen LogP contribution in [0.1, 0.15) is 33.6 Å². The van der Waals surface area contributed by atoms with E-state index in [1.807, 2.05) is 25.7 Å². The molecule has 22 heavy (non-hydrogen) atoms. The van der Waals surface area contributed by atoms with E-state index >= 15 is 0 Å². The molecule has 1 rings (SSSR count). The zero-order valence-corrected chi connectivity index (χ0v) is 15.3. The Morgan fingerprint density at radius 1 is 1.09 bits per heavy atom.